The normalized spacial score (nSPS) is 14.1. The van der Waals surface area contributed by atoms with Crippen LogP contribution in [0.4, 0.5) is 0 Å². The number of nitrogens with zero attached hydrogens (tertiary/aromatic N) is 2. The maximum atomic E-state index is 11.7. The van der Waals surface area contributed by atoms with Crippen LogP contribution in [0.2, 0.25) is 19.6 Å². The maximum absolute atomic E-state index is 11.7. The molecule has 49 heavy (non-hydrogen) atoms. The summed E-state index contributed by atoms with van der Waals surface area (Å²) in [4.78, 5) is 21.2. The van der Waals surface area contributed by atoms with Crippen LogP contribution in [0.3, 0.4) is 0 Å². The maximum Gasteiger partial charge on any atom is 0.162 e. The summed E-state index contributed by atoms with van der Waals surface area (Å²) in [7, 11) is -1.55. The van der Waals surface area contributed by atoms with E-state index in [-0.39, 0.29) is 43.5 Å². The van der Waals surface area contributed by atoms with Gasteiger partial charge in [0.05, 0.1) is 19.3 Å². The second-order valence-corrected chi connectivity index (χ2v) is 20.7. The Kier molecular flexibility index (Phi) is 13.9. The number of thiophene rings is 1. The topological polar surface area (TPSA) is 63.1 Å². The van der Waals surface area contributed by atoms with Gasteiger partial charge in [-0.15, -0.1) is 40.1 Å². The van der Waals surface area contributed by atoms with E-state index < -0.39 is 8.07 Å². The Morgan fingerprint density at radius 3 is 2.27 bits per heavy atom. The molecule has 0 saturated heterocycles. The summed E-state index contributed by atoms with van der Waals surface area (Å²) in [6, 6.07) is 21.7. The smallest absolute Gasteiger partial charge is 0.162 e. The molecule has 1 N–H and O–H groups in total. The van der Waals surface area contributed by atoms with E-state index in [1.54, 1.807) is 6.33 Å². The third-order valence-corrected chi connectivity index (χ3v) is 13.4. The molecule has 2 heterocycles. The zero-order valence-electron chi connectivity index (χ0n) is 30.4. The fourth-order valence-electron chi connectivity index (χ4n) is 7.24. The minimum absolute atomic E-state index is 0. The Morgan fingerprint density at radius 1 is 0.939 bits per heavy atom. The number of hydrogen-bond donors (Lipinski definition) is 1. The second-order valence-electron chi connectivity index (χ2n) is 14.6. The van der Waals surface area contributed by atoms with Gasteiger partial charge in [-0.1, -0.05) is 114 Å². The number of ketones is 1. The third-order valence-electron chi connectivity index (χ3n) is 10.2. The van der Waals surface area contributed by atoms with Gasteiger partial charge in [0, 0.05) is 58.5 Å². The van der Waals surface area contributed by atoms with Crippen LogP contribution in [0.5, 0.6) is 0 Å². The van der Waals surface area contributed by atoms with E-state index in [1.165, 1.54) is 74.5 Å². The number of fused-ring (bicyclic) bond motifs is 4. The Bertz CT molecular complexity index is 1900. The van der Waals surface area contributed by atoms with Crippen molar-refractivity contribution in [1.29, 1.82) is 0 Å². The summed E-state index contributed by atoms with van der Waals surface area (Å²) < 4.78 is 2.51. The van der Waals surface area contributed by atoms with Gasteiger partial charge in [-0.05, 0) is 49.7 Å². The molecular formula is C42H53IrN2O2SSi-. The molecule has 4 nitrogen and oxygen atoms in total. The largest absolute Gasteiger partial charge is 0.512 e. The number of hydrogen-bond acceptors (Lipinski definition) is 5. The van der Waals surface area contributed by atoms with Crippen LogP contribution in [0.25, 0.3) is 42.3 Å². The van der Waals surface area contributed by atoms with Crippen molar-refractivity contribution >= 4 is 61.5 Å². The van der Waals surface area contributed by atoms with Crippen molar-refractivity contribution in [3.05, 3.63) is 78.3 Å². The van der Waals surface area contributed by atoms with Gasteiger partial charge in [0.25, 0.3) is 0 Å². The quantitative estimate of drug-likeness (QED) is 0.0622. The predicted octanol–water partition coefficient (Wildman–Crippen LogP) is 11.6. The zero-order valence-corrected chi connectivity index (χ0v) is 34.6. The first-order valence-electron chi connectivity index (χ1n) is 18.1. The summed E-state index contributed by atoms with van der Waals surface area (Å²) in [6.07, 6.45) is 13.4. The molecule has 1 radical (unpaired) electrons. The van der Waals surface area contributed by atoms with Gasteiger partial charge in [0.2, 0.25) is 0 Å². The minimum Gasteiger partial charge on any atom is -0.512 e. The van der Waals surface area contributed by atoms with Gasteiger partial charge >= 0.3 is 0 Å². The standard InChI is InChI=1S/C29H29N2SSi.C13H24O2.Ir/c1-33(2,3)26-17-22(16-21-10-6-7-11-23(21)26)27-29-28(31-18-30-27)24-13-12-20(15-25(24)32-29)14-19-8-4-5-9-19;1-5-10(6-2)12(14)9-13(15)11(7-3)8-4;/h6-7,10-13,15,17-19H,4-5,8-9,14H2,1-3H3;9-11,14H,5-8H2,1-4H3;/q-1;;/b;12-9-;. The summed E-state index contributed by atoms with van der Waals surface area (Å²) >= 11 is 1.84. The molecule has 2 aromatic heterocycles. The van der Waals surface area contributed by atoms with E-state index in [0.717, 1.165) is 48.4 Å². The van der Waals surface area contributed by atoms with Crippen molar-refractivity contribution in [2.24, 2.45) is 17.8 Å². The van der Waals surface area contributed by atoms with Crippen molar-refractivity contribution in [2.75, 3.05) is 0 Å². The van der Waals surface area contributed by atoms with Gasteiger partial charge in [0.15, 0.2) is 5.78 Å². The molecule has 1 aliphatic carbocycles. The monoisotopic (exact) mass is 870 g/mol. The molecule has 0 spiro atoms. The van der Waals surface area contributed by atoms with E-state index in [0.29, 0.717) is 0 Å². The van der Waals surface area contributed by atoms with E-state index in [4.69, 9.17) is 9.97 Å². The van der Waals surface area contributed by atoms with Crippen molar-refractivity contribution in [3.8, 4) is 11.3 Å². The predicted molar refractivity (Wildman–Crippen MR) is 209 cm³/mol. The molecule has 263 valence electrons. The van der Waals surface area contributed by atoms with Crippen molar-refractivity contribution in [2.45, 2.75) is 105 Å². The molecule has 0 bridgehead atoms. The molecule has 5 aromatic rings. The zero-order chi connectivity index (χ0) is 34.4. The second kappa shape index (κ2) is 17.5. The first kappa shape index (κ1) is 39.1. The van der Waals surface area contributed by atoms with Crippen molar-refractivity contribution in [3.63, 3.8) is 0 Å². The van der Waals surface area contributed by atoms with E-state index >= 15 is 0 Å². The van der Waals surface area contributed by atoms with Gasteiger partial charge in [-0.2, -0.15) is 0 Å². The van der Waals surface area contributed by atoms with Crippen LogP contribution in [-0.2, 0) is 31.3 Å². The van der Waals surface area contributed by atoms with Gasteiger partial charge in [-0.25, -0.2) is 4.98 Å². The van der Waals surface area contributed by atoms with Gasteiger partial charge in [0.1, 0.15) is 6.33 Å². The number of allylic oxidation sites excluding steroid dienone is 2. The molecule has 0 unspecified atom stereocenters. The molecule has 1 aliphatic rings. The number of aliphatic hydroxyl groups excluding tert-OH is 1. The molecule has 0 amide bonds. The molecule has 6 rings (SSSR count). The van der Waals surface area contributed by atoms with Crippen LogP contribution >= 0.6 is 11.3 Å². The molecule has 7 heteroatoms. The number of carbonyl (C=O) groups is 1. The van der Waals surface area contributed by atoms with Crippen LogP contribution in [0, 0.1) is 23.8 Å². The minimum atomic E-state index is -1.55. The summed E-state index contributed by atoms with van der Waals surface area (Å²) in [5.41, 5.74) is 4.65. The molecule has 0 atom stereocenters. The van der Waals surface area contributed by atoms with Crippen LogP contribution < -0.4 is 5.19 Å². The number of aromatic nitrogens is 2. The Labute approximate surface area is 312 Å². The average Bonchev–Trinajstić information content (AvgIpc) is 3.72. The van der Waals surface area contributed by atoms with E-state index in [9.17, 15) is 9.90 Å². The SMILES string of the molecule is CCC(CC)C(=O)/C=C(\O)C(CC)CC.C[Si](C)(C)c1cc(-c2ncnc3c2sc2cc(CC4CCCC4)ccc23)[c-]c2ccccc12.[Ir]. The van der Waals surface area contributed by atoms with Crippen molar-refractivity contribution < 1.29 is 30.0 Å². The first-order chi connectivity index (χ1) is 23.1. The number of aliphatic hydroxyl groups is 1. The van der Waals surface area contributed by atoms with Crippen LogP contribution in [0.1, 0.15) is 84.6 Å². The molecule has 3 aromatic carbocycles. The van der Waals surface area contributed by atoms with Crippen LogP contribution in [0.15, 0.2) is 66.7 Å². The Balaban J connectivity index is 0.000000290. The third kappa shape index (κ3) is 9.16. The summed E-state index contributed by atoms with van der Waals surface area (Å²) in [5, 5.41) is 15.0. The first-order valence-corrected chi connectivity index (χ1v) is 22.5. The van der Waals surface area contributed by atoms with Crippen molar-refractivity contribution in [1.82, 2.24) is 9.97 Å². The average molecular weight is 870 g/mol. The fourth-order valence-corrected chi connectivity index (χ4v) is 10.1. The number of rotatable bonds is 11. The Hall–Kier alpha value is -2.70. The fraction of sp³-hybridized carbons (Fsp3) is 0.452. The Morgan fingerprint density at radius 2 is 1.61 bits per heavy atom. The molecular weight excluding hydrogens is 817 g/mol. The van der Waals surface area contributed by atoms with Gasteiger partial charge < -0.3 is 5.11 Å². The molecule has 0 aliphatic heterocycles. The summed E-state index contributed by atoms with van der Waals surface area (Å²) in [5.74, 6) is 1.41. The number of carbonyl (C=O) groups excluding carboxylic acids is 1. The van der Waals surface area contributed by atoms with E-state index in [2.05, 4.69) is 74.2 Å². The van der Waals surface area contributed by atoms with E-state index in [1.807, 2.05) is 39.0 Å². The number of benzene rings is 3. The van der Waals surface area contributed by atoms with Gasteiger partial charge in [-0.3, -0.25) is 9.78 Å². The molecule has 1 fully saturated rings. The summed E-state index contributed by atoms with van der Waals surface area (Å²) in [6.45, 7) is 15.3. The molecule has 1 saturated carbocycles. The van der Waals surface area contributed by atoms with Crippen LogP contribution in [-0.4, -0.2) is 28.9 Å².